The molecule has 37 heavy (non-hydrogen) atoms. The van der Waals surface area contributed by atoms with Gasteiger partial charge in [-0.1, -0.05) is 48.0 Å². The number of benzene rings is 2. The van der Waals surface area contributed by atoms with Gasteiger partial charge >= 0.3 is 0 Å². The summed E-state index contributed by atoms with van der Waals surface area (Å²) in [5, 5.41) is 3.83. The highest BCUT2D eigenvalue weighted by Crippen LogP contribution is 2.42. The van der Waals surface area contributed by atoms with Gasteiger partial charge in [0.15, 0.2) is 0 Å². The lowest BCUT2D eigenvalue weighted by Gasteiger charge is -2.38. The highest BCUT2D eigenvalue weighted by atomic mass is 35.5. The molecule has 1 aromatic heterocycles. The van der Waals surface area contributed by atoms with E-state index in [0.717, 1.165) is 63.0 Å². The van der Waals surface area contributed by atoms with Gasteiger partial charge in [0.25, 0.3) is 5.91 Å². The molecule has 6 nitrogen and oxygen atoms in total. The van der Waals surface area contributed by atoms with Crippen molar-refractivity contribution in [2.24, 2.45) is 5.41 Å². The van der Waals surface area contributed by atoms with Crippen LogP contribution >= 0.6 is 11.6 Å². The van der Waals surface area contributed by atoms with Crippen LogP contribution in [0.5, 0.6) is 0 Å². The number of carbonyl (C=O) groups excluding carboxylic acids is 2. The summed E-state index contributed by atoms with van der Waals surface area (Å²) in [4.78, 5) is 34.9. The molecule has 1 spiro atoms. The molecular formula is C30H33ClN4O2. The summed E-state index contributed by atoms with van der Waals surface area (Å²) >= 11 is 5.99. The van der Waals surface area contributed by atoms with Gasteiger partial charge < -0.3 is 15.1 Å². The van der Waals surface area contributed by atoms with Crippen LogP contribution in [0.2, 0.25) is 5.02 Å². The van der Waals surface area contributed by atoms with Gasteiger partial charge in [0, 0.05) is 42.6 Å². The number of hydrogen-bond donors (Lipinski definition) is 1. The second-order valence-electron chi connectivity index (χ2n) is 10.2. The Morgan fingerprint density at radius 2 is 1.70 bits per heavy atom. The Balaban J connectivity index is 1.17. The Morgan fingerprint density at radius 3 is 2.41 bits per heavy atom. The van der Waals surface area contributed by atoms with Crippen molar-refractivity contribution in [2.45, 2.75) is 38.3 Å². The van der Waals surface area contributed by atoms with Crippen LogP contribution < -0.4 is 5.32 Å². The van der Waals surface area contributed by atoms with Crippen LogP contribution in [0.4, 0.5) is 0 Å². The van der Waals surface area contributed by atoms with Crippen LogP contribution in [0.15, 0.2) is 79.1 Å². The maximum absolute atomic E-state index is 13.4. The number of hydrogen-bond acceptors (Lipinski definition) is 4. The van der Waals surface area contributed by atoms with Crippen molar-refractivity contribution in [2.75, 3.05) is 26.2 Å². The SMILES string of the molecule is O=C(NC(CCN1CCC2(CC1)CCN(Cc1cccnc1)C2=O)c1ccccc1)c1ccc(Cl)cc1. The highest BCUT2D eigenvalue weighted by Gasteiger charge is 2.47. The van der Waals surface area contributed by atoms with Gasteiger partial charge in [-0.05, 0) is 80.2 Å². The van der Waals surface area contributed by atoms with E-state index in [1.165, 1.54) is 0 Å². The Morgan fingerprint density at radius 1 is 0.973 bits per heavy atom. The molecule has 3 aromatic rings. The molecule has 1 atom stereocenters. The van der Waals surface area contributed by atoms with E-state index in [4.69, 9.17) is 11.6 Å². The third-order valence-electron chi connectivity index (χ3n) is 7.86. The number of amides is 2. The Kier molecular flexibility index (Phi) is 7.87. The molecule has 0 saturated carbocycles. The second kappa shape index (κ2) is 11.4. The maximum Gasteiger partial charge on any atom is 0.251 e. The molecule has 1 N–H and O–H groups in total. The number of aromatic nitrogens is 1. The number of nitrogens with one attached hydrogen (secondary N) is 1. The van der Waals surface area contributed by atoms with Gasteiger partial charge in [0.1, 0.15) is 0 Å². The lowest BCUT2D eigenvalue weighted by molar-refractivity contribution is -0.138. The monoisotopic (exact) mass is 516 g/mol. The first-order valence-electron chi connectivity index (χ1n) is 13.0. The van der Waals surface area contributed by atoms with Crippen molar-refractivity contribution in [1.29, 1.82) is 0 Å². The van der Waals surface area contributed by atoms with Crippen LogP contribution in [0, 0.1) is 5.41 Å². The van der Waals surface area contributed by atoms with Crippen molar-refractivity contribution in [3.8, 4) is 0 Å². The largest absolute Gasteiger partial charge is 0.345 e. The predicted octanol–water partition coefficient (Wildman–Crippen LogP) is 5.11. The van der Waals surface area contributed by atoms with Crippen LogP contribution in [0.3, 0.4) is 0 Å². The molecule has 2 aromatic carbocycles. The lowest BCUT2D eigenvalue weighted by atomic mass is 9.77. The van der Waals surface area contributed by atoms with E-state index in [1.54, 1.807) is 30.5 Å². The highest BCUT2D eigenvalue weighted by molar-refractivity contribution is 6.30. The molecule has 0 aliphatic carbocycles. The number of nitrogens with zero attached hydrogens (tertiary/aromatic N) is 3. The summed E-state index contributed by atoms with van der Waals surface area (Å²) < 4.78 is 0. The minimum atomic E-state index is -0.222. The number of likely N-dealkylation sites (tertiary alicyclic amines) is 2. The number of pyridine rings is 1. The van der Waals surface area contributed by atoms with Crippen molar-refractivity contribution in [3.63, 3.8) is 0 Å². The van der Waals surface area contributed by atoms with E-state index in [0.29, 0.717) is 23.0 Å². The fourth-order valence-electron chi connectivity index (χ4n) is 5.59. The molecule has 5 rings (SSSR count). The maximum atomic E-state index is 13.4. The summed E-state index contributed by atoms with van der Waals surface area (Å²) in [5.41, 5.74) is 2.55. The summed E-state index contributed by atoms with van der Waals surface area (Å²) in [6.45, 7) is 4.13. The average molecular weight is 517 g/mol. The van der Waals surface area contributed by atoms with Crippen molar-refractivity contribution < 1.29 is 9.59 Å². The Hall–Kier alpha value is -3.22. The zero-order chi connectivity index (χ0) is 25.7. The Labute approximate surface area is 223 Å². The summed E-state index contributed by atoms with van der Waals surface area (Å²) in [6.07, 6.45) is 7.12. The third-order valence-corrected chi connectivity index (χ3v) is 8.11. The van der Waals surface area contributed by atoms with Gasteiger partial charge in [-0.2, -0.15) is 0 Å². The number of carbonyl (C=O) groups is 2. The van der Waals surface area contributed by atoms with Crippen LogP contribution in [-0.2, 0) is 11.3 Å². The number of piperidine rings is 1. The van der Waals surface area contributed by atoms with E-state index in [9.17, 15) is 9.59 Å². The fraction of sp³-hybridized carbons (Fsp3) is 0.367. The minimum Gasteiger partial charge on any atom is -0.345 e. The molecule has 192 valence electrons. The Bertz CT molecular complexity index is 1200. The van der Waals surface area contributed by atoms with E-state index in [-0.39, 0.29) is 17.4 Å². The summed E-state index contributed by atoms with van der Waals surface area (Å²) in [7, 11) is 0. The van der Waals surface area contributed by atoms with Gasteiger partial charge in [-0.15, -0.1) is 0 Å². The van der Waals surface area contributed by atoms with E-state index in [1.807, 2.05) is 41.4 Å². The summed E-state index contributed by atoms with van der Waals surface area (Å²) in [5.74, 6) is 0.196. The molecule has 2 amide bonds. The molecule has 2 aliphatic heterocycles. The van der Waals surface area contributed by atoms with Crippen molar-refractivity contribution >= 4 is 23.4 Å². The molecule has 2 fully saturated rings. The zero-order valence-corrected chi connectivity index (χ0v) is 21.7. The van der Waals surface area contributed by atoms with E-state index >= 15 is 0 Å². The molecule has 0 radical (unpaired) electrons. The number of rotatable bonds is 8. The van der Waals surface area contributed by atoms with E-state index < -0.39 is 0 Å². The van der Waals surface area contributed by atoms with Gasteiger partial charge in [-0.3, -0.25) is 14.6 Å². The minimum absolute atomic E-state index is 0.0941. The van der Waals surface area contributed by atoms with Crippen LogP contribution in [0.1, 0.15) is 53.2 Å². The smallest absolute Gasteiger partial charge is 0.251 e. The second-order valence-corrected chi connectivity index (χ2v) is 10.6. The van der Waals surface area contributed by atoms with Gasteiger partial charge in [-0.25, -0.2) is 0 Å². The molecule has 0 bridgehead atoms. The molecule has 1 unspecified atom stereocenters. The number of halogens is 1. The quantitative estimate of drug-likeness (QED) is 0.452. The van der Waals surface area contributed by atoms with Crippen LogP contribution in [-0.4, -0.2) is 52.8 Å². The first kappa shape index (κ1) is 25.4. The normalized spacial score (nSPS) is 18.2. The molecule has 2 saturated heterocycles. The first-order chi connectivity index (χ1) is 18.0. The van der Waals surface area contributed by atoms with Crippen molar-refractivity contribution in [1.82, 2.24) is 20.1 Å². The molecule has 3 heterocycles. The molecular weight excluding hydrogens is 484 g/mol. The topological polar surface area (TPSA) is 65.5 Å². The first-order valence-corrected chi connectivity index (χ1v) is 13.4. The van der Waals surface area contributed by atoms with Gasteiger partial charge in [0.05, 0.1) is 11.5 Å². The third kappa shape index (κ3) is 6.03. The summed E-state index contributed by atoms with van der Waals surface area (Å²) in [6, 6.07) is 20.9. The molecule has 2 aliphatic rings. The lowest BCUT2D eigenvalue weighted by Crippen LogP contribution is -2.45. The average Bonchev–Trinajstić information content (AvgIpc) is 3.23. The van der Waals surface area contributed by atoms with Gasteiger partial charge in [0.2, 0.25) is 5.91 Å². The van der Waals surface area contributed by atoms with E-state index in [2.05, 4.69) is 27.3 Å². The fourth-order valence-corrected chi connectivity index (χ4v) is 5.71. The standard InChI is InChI=1S/C30H33ClN4O2/c31-26-10-8-25(9-11-26)28(36)33-27(24-6-2-1-3-7-24)12-17-34-18-13-30(14-19-34)15-20-35(29(30)37)22-23-5-4-16-32-21-23/h1-11,16,21,27H,12-15,17-20,22H2,(H,33,36). The molecule has 7 heteroatoms. The van der Waals surface area contributed by atoms with Crippen LogP contribution in [0.25, 0.3) is 0 Å². The zero-order valence-electron chi connectivity index (χ0n) is 21.0. The van der Waals surface area contributed by atoms with Crippen molar-refractivity contribution in [3.05, 3.63) is 101 Å². The predicted molar refractivity (Wildman–Crippen MR) is 145 cm³/mol.